The molecule has 0 aromatic carbocycles. The van der Waals surface area contributed by atoms with Crippen LogP contribution >= 0.6 is 0 Å². The lowest BCUT2D eigenvalue weighted by Crippen LogP contribution is -2.20. The molecule has 2 aliphatic rings. The van der Waals surface area contributed by atoms with Crippen LogP contribution in [-0.4, -0.2) is 24.7 Å². The van der Waals surface area contributed by atoms with Gasteiger partial charge in [0.05, 0.1) is 6.04 Å². The summed E-state index contributed by atoms with van der Waals surface area (Å²) in [5, 5.41) is 12.2. The van der Waals surface area contributed by atoms with Crippen LogP contribution in [0.1, 0.15) is 37.0 Å². The molecule has 3 atom stereocenters. The van der Waals surface area contributed by atoms with Crippen LogP contribution in [0, 0.1) is 24.7 Å². The van der Waals surface area contributed by atoms with Gasteiger partial charge in [0.2, 0.25) is 11.7 Å². The molecule has 0 spiro atoms. The standard InChI is InChI=1S/C16H18N6O/c1-8-19-20-13-3-2-9(7-22(8)13)15-18-16(23-21-15)14(17)12-5-10-4-11(10)6-12/h2-3,7,10-12,14H,4-6,17H2,1H3. The fourth-order valence-electron chi connectivity index (χ4n) is 3.88. The summed E-state index contributed by atoms with van der Waals surface area (Å²) in [5.74, 6) is 4.21. The monoisotopic (exact) mass is 310 g/mol. The molecule has 2 aliphatic carbocycles. The molecule has 0 amide bonds. The van der Waals surface area contributed by atoms with Crippen molar-refractivity contribution in [2.45, 2.75) is 32.2 Å². The van der Waals surface area contributed by atoms with Crippen molar-refractivity contribution in [1.82, 2.24) is 24.7 Å². The lowest BCUT2D eigenvalue weighted by molar-refractivity contribution is 0.297. The molecule has 3 aromatic rings. The van der Waals surface area contributed by atoms with Gasteiger partial charge in [0.25, 0.3) is 0 Å². The van der Waals surface area contributed by atoms with Crippen molar-refractivity contribution in [3.05, 3.63) is 30.0 Å². The Balaban J connectivity index is 1.44. The molecule has 0 aliphatic heterocycles. The number of hydrogen-bond acceptors (Lipinski definition) is 6. The van der Waals surface area contributed by atoms with Gasteiger partial charge in [-0.3, -0.25) is 4.40 Å². The predicted molar refractivity (Wildman–Crippen MR) is 82.3 cm³/mol. The number of pyridine rings is 1. The SMILES string of the molecule is Cc1nnc2ccc(-c3noc(C(N)C4CC5CC5C4)n3)cn12. The molecular weight excluding hydrogens is 292 g/mol. The normalized spacial score (nSPS) is 27.3. The summed E-state index contributed by atoms with van der Waals surface area (Å²) in [6.45, 7) is 1.91. The first-order valence-corrected chi connectivity index (χ1v) is 8.10. The van der Waals surface area contributed by atoms with Crippen LogP contribution in [0.3, 0.4) is 0 Å². The first-order chi connectivity index (χ1) is 11.2. The Kier molecular flexibility index (Phi) is 2.64. The first-order valence-electron chi connectivity index (χ1n) is 8.10. The minimum atomic E-state index is -0.149. The van der Waals surface area contributed by atoms with Gasteiger partial charge < -0.3 is 10.3 Å². The highest BCUT2D eigenvalue weighted by molar-refractivity contribution is 5.57. The quantitative estimate of drug-likeness (QED) is 0.796. The fraction of sp³-hybridized carbons (Fsp3) is 0.500. The highest BCUT2D eigenvalue weighted by Crippen LogP contribution is 2.56. The summed E-state index contributed by atoms with van der Waals surface area (Å²) in [6.07, 6.45) is 5.72. The highest BCUT2D eigenvalue weighted by atomic mass is 16.5. The molecule has 2 fully saturated rings. The maximum atomic E-state index is 6.35. The van der Waals surface area contributed by atoms with Gasteiger partial charge in [0.1, 0.15) is 5.82 Å². The second-order valence-electron chi connectivity index (χ2n) is 6.86. The molecule has 3 aromatic heterocycles. The van der Waals surface area contributed by atoms with Crippen molar-refractivity contribution >= 4 is 5.65 Å². The van der Waals surface area contributed by atoms with E-state index in [1.165, 1.54) is 19.3 Å². The van der Waals surface area contributed by atoms with Gasteiger partial charge in [0.15, 0.2) is 5.65 Å². The molecule has 0 radical (unpaired) electrons. The van der Waals surface area contributed by atoms with Gasteiger partial charge in [-0.1, -0.05) is 5.16 Å². The van der Waals surface area contributed by atoms with Crippen LogP contribution in [0.25, 0.3) is 17.0 Å². The minimum Gasteiger partial charge on any atom is -0.337 e. The molecule has 7 nitrogen and oxygen atoms in total. The van der Waals surface area contributed by atoms with E-state index >= 15 is 0 Å². The van der Waals surface area contributed by atoms with Gasteiger partial charge in [-0.05, 0) is 56.1 Å². The van der Waals surface area contributed by atoms with Crippen molar-refractivity contribution in [2.24, 2.45) is 23.5 Å². The van der Waals surface area contributed by atoms with E-state index in [1.807, 2.05) is 29.7 Å². The average molecular weight is 310 g/mol. The number of aromatic nitrogens is 5. The van der Waals surface area contributed by atoms with Gasteiger partial charge in [-0.25, -0.2) is 0 Å². The molecule has 2 saturated carbocycles. The molecule has 3 heterocycles. The third-order valence-corrected chi connectivity index (χ3v) is 5.35. The predicted octanol–water partition coefficient (Wildman–Crippen LogP) is 2.13. The summed E-state index contributed by atoms with van der Waals surface area (Å²) in [4.78, 5) is 4.53. The Bertz CT molecular complexity index is 874. The number of nitrogens with zero attached hydrogens (tertiary/aromatic N) is 5. The van der Waals surface area contributed by atoms with E-state index in [0.29, 0.717) is 17.6 Å². The number of nitrogens with two attached hydrogens (primary N) is 1. The van der Waals surface area contributed by atoms with Crippen molar-refractivity contribution in [3.8, 4) is 11.4 Å². The summed E-state index contributed by atoms with van der Waals surface area (Å²) >= 11 is 0. The number of aryl methyl sites for hydroxylation is 1. The maximum Gasteiger partial charge on any atom is 0.244 e. The van der Waals surface area contributed by atoms with Crippen molar-refractivity contribution in [3.63, 3.8) is 0 Å². The molecule has 7 heteroatoms. The zero-order chi connectivity index (χ0) is 15.6. The summed E-state index contributed by atoms with van der Waals surface area (Å²) < 4.78 is 7.35. The smallest absolute Gasteiger partial charge is 0.244 e. The van der Waals surface area contributed by atoms with Crippen LogP contribution in [0.4, 0.5) is 0 Å². The number of rotatable bonds is 3. The van der Waals surface area contributed by atoms with E-state index in [0.717, 1.165) is 28.9 Å². The van der Waals surface area contributed by atoms with E-state index in [-0.39, 0.29) is 6.04 Å². The van der Waals surface area contributed by atoms with Crippen LogP contribution in [0.5, 0.6) is 0 Å². The molecule has 23 heavy (non-hydrogen) atoms. The number of fused-ring (bicyclic) bond motifs is 2. The van der Waals surface area contributed by atoms with Crippen LogP contribution in [0.15, 0.2) is 22.9 Å². The second-order valence-corrected chi connectivity index (χ2v) is 6.86. The molecular formula is C16H18N6O. The fourth-order valence-corrected chi connectivity index (χ4v) is 3.88. The zero-order valence-electron chi connectivity index (χ0n) is 12.9. The Hall–Kier alpha value is -2.28. The van der Waals surface area contributed by atoms with E-state index < -0.39 is 0 Å². The van der Waals surface area contributed by atoms with Crippen LogP contribution in [-0.2, 0) is 0 Å². The van der Waals surface area contributed by atoms with Gasteiger partial charge in [-0.2, -0.15) is 4.98 Å². The topological polar surface area (TPSA) is 95.1 Å². The van der Waals surface area contributed by atoms with Gasteiger partial charge >= 0.3 is 0 Å². The molecule has 118 valence electrons. The van der Waals surface area contributed by atoms with E-state index in [4.69, 9.17) is 10.3 Å². The number of hydrogen-bond donors (Lipinski definition) is 1. The third kappa shape index (κ3) is 2.07. The Morgan fingerprint density at radius 1 is 1.22 bits per heavy atom. The molecule has 3 unspecified atom stereocenters. The second kappa shape index (κ2) is 4.61. The van der Waals surface area contributed by atoms with Crippen molar-refractivity contribution < 1.29 is 4.52 Å². The van der Waals surface area contributed by atoms with Crippen molar-refractivity contribution in [2.75, 3.05) is 0 Å². The van der Waals surface area contributed by atoms with Crippen molar-refractivity contribution in [1.29, 1.82) is 0 Å². The third-order valence-electron chi connectivity index (χ3n) is 5.35. The largest absolute Gasteiger partial charge is 0.337 e. The van der Waals surface area contributed by atoms with E-state index in [9.17, 15) is 0 Å². The van der Waals surface area contributed by atoms with Crippen LogP contribution in [0.2, 0.25) is 0 Å². The average Bonchev–Trinajstić information content (AvgIpc) is 3.00. The maximum absolute atomic E-state index is 6.35. The lowest BCUT2D eigenvalue weighted by Gasteiger charge is -2.16. The van der Waals surface area contributed by atoms with Gasteiger partial charge in [-0.15, -0.1) is 10.2 Å². The Morgan fingerprint density at radius 3 is 2.87 bits per heavy atom. The molecule has 0 bridgehead atoms. The highest BCUT2D eigenvalue weighted by Gasteiger charge is 2.48. The van der Waals surface area contributed by atoms with Gasteiger partial charge in [0, 0.05) is 11.8 Å². The summed E-state index contributed by atoms with van der Waals surface area (Å²) in [7, 11) is 0. The first kappa shape index (κ1) is 13.2. The van der Waals surface area contributed by atoms with Crippen LogP contribution < -0.4 is 5.73 Å². The summed E-state index contributed by atoms with van der Waals surface area (Å²) in [6, 6.07) is 3.67. The Morgan fingerprint density at radius 2 is 2.04 bits per heavy atom. The Labute approximate surface area is 132 Å². The van der Waals surface area contributed by atoms with E-state index in [2.05, 4.69) is 20.3 Å². The summed E-state index contributed by atoms with van der Waals surface area (Å²) in [5.41, 5.74) is 8.03. The molecule has 0 saturated heterocycles. The molecule has 5 rings (SSSR count). The van der Waals surface area contributed by atoms with E-state index in [1.54, 1.807) is 0 Å². The minimum absolute atomic E-state index is 0.149. The zero-order valence-corrected chi connectivity index (χ0v) is 12.9. The lowest BCUT2D eigenvalue weighted by atomic mass is 9.95. The molecule has 2 N–H and O–H groups in total.